The largest absolute Gasteiger partial charge is 0.870 e. The molecule has 0 unspecified atom stereocenters. The van der Waals surface area contributed by atoms with Crippen LogP contribution in [-0.2, 0) is 12.7 Å². The van der Waals surface area contributed by atoms with Crippen molar-refractivity contribution in [3.63, 3.8) is 0 Å². The topological polar surface area (TPSA) is 138 Å². The number of rotatable bonds is 5. The van der Waals surface area contributed by atoms with E-state index in [-0.39, 0.29) is 46.4 Å². The lowest BCUT2D eigenvalue weighted by molar-refractivity contribution is -0.379. The Balaban J connectivity index is 0.00000300. The van der Waals surface area contributed by atoms with Crippen LogP contribution in [0.4, 0.5) is 24.9 Å². The molecule has 3 rings (SSSR count). The number of hydrogen-bond acceptors (Lipinski definition) is 7. The molecule has 11 heteroatoms. The van der Waals surface area contributed by atoms with Gasteiger partial charge >= 0.3 is 6.18 Å². The van der Waals surface area contributed by atoms with Gasteiger partial charge in [-0.05, 0) is 6.42 Å². The molecule has 2 aromatic rings. The van der Waals surface area contributed by atoms with E-state index in [0.29, 0.717) is 6.42 Å². The maximum absolute atomic E-state index is 13.1. The first-order valence-electron chi connectivity index (χ1n) is 8.64. The van der Waals surface area contributed by atoms with Gasteiger partial charge in [0.1, 0.15) is 17.5 Å². The summed E-state index contributed by atoms with van der Waals surface area (Å²) in [6, 6.07) is 2.87. The molecule has 1 fully saturated rings. The number of aromatic nitrogens is 3. The van der Waals surface area contributed by atoms with Gasteiger partial charge in [0.25, 0.3) is 0 Å². The molecule has 8 nitrogen and oxygen atoms in total. The third kappa shape index (κ3) is 4.55. The van der Waals surface area contributed by atoms with Crippen molar-refractivity contribution in [2.24, 2.45) is 5.41 Å². The van der Waals surface area contributed by atoms with Crippen LogP contribution in [0.15, 0.2) is 24.7 Å². The van der Waals surface area contributed by atoms with Crippen LogP contribution in [0.25, 0.3) is 0 Å². The molecule has 0 radical (unpaired) electrons. The van der Waals surface area contributed by atoms with Crippen LogP contribution in [0, 0.1) is 16.7 Å². The van der Waals surface area contributed by atoms with Crippen molar-refractivity contribution in [2.75, 3.05) is 10.6 Å². The minimum absolute atomic E-state index is 0. The molecule has 156 valence electrons. The number of halogens is 3. The van der Waals surface area contributed by atoms with Crippen LogP contribution < -0.4 is 15.6 Å². The second-order valence-electron chi connectivity index (χ2n) is 7.27. The number of hydrogen-bond donors (Lipinski definition) is 3. The number of alkyl halides is 3. The lowest BCUT2D eigenvalue weighted by atomic mass is 9.64. The van der Waals surface area contributed by atoms with Gasteiger partial charge in [-0.2, -0.15) is 23.4 Å². The number of nitriles is 1. The summed E-state index contributed by atoms with van der Waals surface area (Å²) < 4.78 is 39.3. The van der Waals surface area contributed by atoms with Crippen LogP contribution in [0.3, 0.4) is 0 Å². The number of aliphatic hydroxyl groups excluding tert-OH is 1. The van der Waals surface area contributed by atoms with Gasteiger partial charge in [0.05, 0.1) is 17.9 Å². The molecule has 2 heterocycles. The third-order valence-corrected chi connectivity index (χ3v) is 5.13. The maximum atomic E-state index is 13.1. The molecule has 1 saturated carbocycles. The summed E-state index contributed by atoms with van der Waals surface area (Å²) in [6.07, 6.45) is -0.634. The number of anilines is 2. The molecule has 0 amide bonds. The maximum Gasteiger partial charge on any atom is 0.417 e. The van der Waals surface area contributed by atoms with Gasteiger partial charge in [-0.15, -0.1) is 0 Å². The number of aromatic amines is 1. The smallest absolute Gasteiger partial charge is 0.417 e. The van der Waals surface area contributed by atoms with E-state index >= 15 is 0 Å². The second-order valence-corrected chi connectivity index (χ2v) is 7.27. The molecule has 0 spiro atoms. The van der Waals surface area contributed by atoms with E-state index in [0.717, 1.165) is 6.07 Å². The Bertz CT molecular complexity index is 913. The fourth-order valence-electron chi connectivity index (χ4n) is 3.03. The molecule has 5 N–H and O–H groups in total. The van der Waals surface area contributed by atoms with Crippen molar-refractivity contribution < 1.29 is 28.7 Å². The highest BCUT2D eigenvalue weighted by Gasteiger charge is 2.47. The fourth-order valence-corrected chi connectivity index (χ4v) is 3.03. The average Bonchev–Trinajstić information content (AvgIpc) is 2.65. The first-order chi connectivity index (χ1) is 13.1. The van der Waals surface area contributed by atoms with Gasteiger partial charge < -0.3 is 21.2 Å². The fraction of sp³-hybridized carbons (Fsp3) is 0.444. The summed E-state index contributed by atoms with van der Waals surface area (Å²) in [4.78, 5) is 10.9. The van der Waals surface area contributed by atoms with E-state index in [2.05, 4.69) is 25.6 Å². The van der Waals surface area contributed by atoms with Gasteiger partial charge in [-0.1, -0.05) is 13.8 Å². The first-order valence-corrected chi connectivity index (χ1v) is 8.64. The van der Waals surface area contributed by atoms with Crippen molar-refractivity contribution in [3.05, 3.63) is 41.3 Å². The van der Waals surface area contributed by atoms with Gasteiger partial charge in [-0.25, -0.2) is 9.97 Å². The predicted molar refractivity (Wildman–Crippen MR) is 95.8 cm³/mol. The molecule has 2 atom stereocenters. The number of nitrogens with one attached hydrogen (secondary N) is 3. The van der Waals surface area contributed by atoms with E-state index in [4.69, 9.17) is 0 Å². The van der Waals surface area contributed by atoms with Crippen molar-refractivity contribution in [1.29, 1.82) is 5.26 Å². The molecule has 29 heavy (non-hydrogen) atoms. The minimum atomic E-state index is -4.47. The molecular formula is C18H21F3N6O2. The van der Waals surface area contributed by atoms with E-state index in [1.54, 1.807) is 0 Å². The highest BCUT2D eigenvalue weighted by atomic mass is 19.4. The number of H-pyrrole nitrogens is 1. The lowest BCUT2D eigenvalue weighted by Gasteiger charge is -2.49. The zero-order valence-corrected chi connectivity index (χ0v) is 15.7. The highest BCUT2D eigenvalue weighted by Crippen LogP contribution is 2.42. The van der Waals surface area contributed by atoms with Gasteiger partial charge in [0.2, 0.25) is 5.95 Å². The van der Waals surface area contributed by atoms with Gasteiger partial charge in [0.15, 0.2) is 12.4 Å². The summed E-state index contributed by atoms with van der Waals surface area (Å²) in [5.74, 6) is 0.372. The molecule has 0 saturated heterocycles. The number of nitrogens with zero attached hydrogens (tertiary/aromatic N) is 3. The molecule has 1 aliphatic carbocycles. The van der Waals surface area contributed by atoms with E-state index < -0.39 is 17.8 Å². The van der Waals surface area contributed by atoms with Crippen molar-refractivity contribution >= 4 is 11.8 Å². The quantitative estimate of drug-likeness (QED) is 0.687. The van der Waals surface area contributed by atoms with E-state index in [1.807, 2.05) is 19.9 Å². The van der Waals surface area contributed by atoms with Crippen LogP contribution >= 0.6 is 0 Å². The molecule has 1 aliphatic rings. The highest BCUT2D eigenvalue weighted by molar-refractivity contribution is 5.54. The SMILES string of the molecule is CC1(C)[C@@H](O)C[C@H]1Nc1nc(NCc2c[nH+]ccc2C(F)(F)F)ncc1C#N.[OH-]. The zero-order chi connectivity index (χ0) is 20.5. The zero-order valence-electron chi connectivity index (χ0n) is 15.7. The van der Waals surface area contributed by atoms with Crippen molar-refractivity contribution in [3.8, 4) is 6.07 Å². The Hall–Kier alpha value is -2.97. The Morgan fingerprint density at radius 1 is 1.41 bits per heavy atom. The molecule has 2 aromatic heterocycles. The van der Waals surface area contributed by atoms with Crippen LogP contribution in [-0.4, -0.2) is 32.7 Å². The third-order valence-electron chi connectivity index (χ3n) is 5.13. The molecule has 0 bridgehead atoms. The van der Waals surface area contributed by atoms with Gasteiger partial charge in [-0.3, -0.25) is 0 Å². The molecule has 0 aromatic carbocycles. The summed E-state index contributed by atoms with van der Waals surface area (Å²) in [5.41, 5.74) is -0.907. The summed E-state index contributed by atoms with van der Waals surface area (Å²) in [6.45, 7) is 3.65. The Labute approximate surface area is 165 Å². The van der Waals surface area contributed by atoms with Crippen LogP contribution in [0.2, 0.25) is 0 Å². The predicted octanol–water partition coefficient (Wildman–Crippen LogP) is 2.19. The van der Waals surface area contributed by atoms with Crippen molar-refractivity contribution in [1.82, 2.24) is 9.97 Å². The second kappa shape index (κ2) is 8.18. The Kier molecular flexibility index (Phi) is 6.30. The van der Waals surface area contributed by atoms with Gasteiger partial charge in [0, 0.05) is 29.6 Å². The summed E-state index contributed by atoms with van der Waals surface area (Å²) in [7, 11) is 0. The first kappa shape index (κ1) is 22.3. The Morgan fingerprint density at radius 2 is 2.14 bits per heavy atom. The number of pyridine rings is 1. The monoisotopic (exact) mass is 410 g/mol. The average molecular weight is 410 g/mol. The number of aliphatic hydroxyl groups is 1. The molecular weight excluding hydrogens is 389 g/mol. The van der Waals surface area contributed by atoms with Crippen LogP contribution in [0.1, 0.15) is 37.0 Å². The van der Waals surface area contributed by atoms with Crippen LogP contribution in [0.5, 0.6) is 0 Å². The van der Waals surface area contributed by atoms with E-state index in [1.165, 1.54) is 18.6 Å². The van der Waals surface area contributed by atoms with E-state index in [9.17, 15) is 23.5 Å². The lowest BCUT2D eigenvalue weighted by Crippen LogP contribution is -2.57. The minimum Gasteiger partial charge on any atom is -0.870 e. The van der Waals surface area contributed by atoms with Crippen molar-refractivity contribution in [2.45, 2.75) is 45.1 Å². The standard InChI is InChI=1S/C18H19F3N6O.H2O/c1-17(2)13(5-14(17)28)26-15-10(6-22)8-24-16(27-15)25-9-11-7-23-4-3-12(11)18(19,20)21;/h3-4,7-8,13-14,28H,5,9H2,1-2H3,(H2,24,25,26,27);1H2/t13-,14+;/m1./s1. The molecule has 0 aliphatic heterocycles. The normalized spacial score (nSPS) is 20.0. The Morgan fingerprint density at radius 3 is 2.72 bits per heavy atom. The summed E-state index contributed by atoms with van der Waals surface area (Å²) >= 11 is 0. The summed E-state index contributed by atoms with van der Waals surface area (Å²) in [5, 5.41) is 25.0.